The Morgan fingerprint density at radius 1 is 1.18 bits per heavy atom. The second kappa shape index (κ2) is 6.15. The molecule has 1 fully saturated rings. The van der Waals surface area contributed by atoms with Crippen molar-refractivity contribution in [1.29, 1.82) is 0 Å². The number of thiazole rings is 1. The maximum absolute atomic E-state index is 4.42. The fourth-order valence-corrected chi connectivity index (χ4v) is 4.04. The predicted molar refractivity (Wildman–Crippen MR) is 90.9 cm³/mol. The highest BCUT2D eigenvalue weighted by Gasteiger charge is 2.23. The molecule has 0 bridgehead atoms. The van der Waals surface area contributed by atoms with Gasteiger partial charge in [0.15, 0.2) is 0 Å². The summed E-state index contributed by atoms with van der Waals surface area (Å²) < 4.78 is 0. The van der Waals surface area contributed by atoms with Gasteiger partial charge in [-0.2, -0.15) is 0 Å². The van der Waals surface area contributed by atoms with Gasteiger partial charge in [-0.15, -0.1) is 11.3 Å². The first-order valence-corrected chi connectivity index (χ1v) is 8.69. The predicted octanol–water partition coefficient (Wildman–Crippen LogP) is 3.76. The molecule has 22 heavy (non-hydrogen) atoms. The molecule has 0 N–H and O–H groups in total. The molecule has 1 saturated heterocycles. The molecule has 3 heterocycles. The Labute approximate surface area is 134 Å². The highest BCUT2D eigenvalue weighted by atomic mass is 32.1. The summed E-state index contributed by atoms with van der Waals surface area (Å²) in [6.07, 6.45) is 6.19. The maximum atomic E-state index is 4.42. The lowest BCUT2D eigenvalue weighted by molar-refractivity contribution is 0.316. The van der Waals surface area contributed by atoms with E-state index in [2.05, 4.69) is 44.5 Å². The first-order chi connectivity index (χ1) is 10.9. The molecule has 1 aliphatic heterocycles. The monoisotopic (exact) mass is 309 g/mol. The van der Waals surface area contributed by atoms with Crippen molar-refractivity contribution in [3.8, 4) is 0 Å². The smallest absolute Gasteiger partial charge is 0.0928 e. The summed E-state index contributed by atoms with van der Waals surface area (Å²) in [4.78, 5) is 11.4. The molecular weight excluding hydrogens is 290 g/mol. The van der Waals surface area contributed by atoms with Gasteiger partial charge in [-0.3, -0.25) is 9.88 Å². The van der Waals surface area contributed by atoms with Crippen LogP contribution < -0.4 is 0 Å². The zero-order chi connectivity index (χ0) is 14.8. The van der Waals surface area contributed by atoms with Crippen LogP contribution in [0.2, 0.25) is 0 Å². The first-order valence-electron chi connectivity index (χ1n) is 7.81. The van der Waals surface area contributed by atoms with Gasteiger partial charge in [0, 0.05) is 42.7 Å². The van der Waals surface area contributed by atoms with Crippen LogP contribution in [-0.2, 0) is 13.0 Å². The van der Waals surface area contributed by atoms with Crippen LogP contribution in [0.1, 0.15) is 17.0 Å². The number of rotatable bonds is 4. The number of fused-ring (bicyclic) bond motifs is 1. The summed E-state index contributed by atoms with van der Waals surface area (Å²) in [5, 5.41) is 4.59. The first kappa shape index (κ1) is 13.9. The van der Waals surface area contributed by atoms with Gasteiger partial charge in [0.05, 0.1) is 10.5 Å². The summed E-state index contributed by atoms with van der Waals surface area (Å²) in [7, 11) is 0. The molecule has 3 aromatic rings. The van der Waals surface area contributed by atoms with Crippen molar-refractivity contribution in [3.05, 3.63) is 58.7 Å². The van der Waals surface area contributed by atoms with E-state index in [0.717, 1.165) is 24.4 Å². The third-order valence-corrected chi connectivity index (χ3v) is 5.19. The van der Waals surface area contributed by atoms with Gasteiger partial charge in [-0.05, 0) is 42.6 Å². The SMILES string of the molecule is c1cnc2ccc(CN3CC[C@H](Cc4nccs4)C3)cc2c1. The third kappa shape index (κ3) is 3.03. The number of hydrogen-bond donors (Lipinski definition) is 0. The van der Waals surface area contributed by atoms with Gasteiger partial charge in [0.25, 0.3) is 0 Å². The van der Waals surface area contributed by atoms with Crippen molar-refractivity contribution in [2.75, 3.05) is 13.1 Å². The molecule has 0 aliphatic carbocycles. The zero-order valence-corrected chi connectivity index (χ0v) is 13.3. The van der Waals surface area contributed by atoms with Crippen molar-refractivity contribution in [3.63, 3.8) is 0 Å². The number of aromatic nitrogens is 2. The number of hydrogen-bond acceptors (Lipinski definition) is 4. The third-order valence-electron chi connectivity index (χ3n) is 4.39. The van der Waals surface area contributed by atoms with Crippen LogP contribution in [0.4, 0.5) is 0 Å². The summed E-state index contributed by atoms with van der Waals surface area (Å²) in [5.74, 6) is 0.758. The van der Waals surface area contributed by atoms with Crippen molar-refractivity contribution >= 4 is 22.2 Å². The lowest BCUT2D eigenvalue weighted by Gasteiger charge is -2.16. The fraction of sp³-hybridized carbons (Fsp3) is 0.333. The second-order valence-electron chi connectivity index (χ2n) is 6.05. The van der Waals surface area contributed by atoms with Crippen LogP contribution >= 0.6 is 11.3 Å². The summed E-state index contributed by atoms with van der Waals surface area (Å²) in [6.45, 7) is 3.42. The van der Waals surface area contributed by atoms with E-state index in [0.29, 0.717) is 0 Å². The number of pyridine rings is 1. The minimum absolute atomic E-state index is 0.758. The molecule has 4 heteroatoms. The molecular formula is C18H19N3S. The normalized spacial score (nSPS) is 19.0. The Balaban J connectivity index is 1.40. The highest BCUT2D eigenvalue weighted by Crippen LogP contribution is 2.24. The molecule has 4 rings (SSSR count). The van der Waals surface area contributed by atoms with Crippen LogP contribution in [0, 0.1) is 5.92 Å². The van der Waals surface area contributed by atoms with Crippen LogP contribution in [0.3, 0.4) is 0 Å². The topological polar surface area (TPSA) is 29.0 Å². The van der Waals surface area contributed by atoms with Gasteiger partial charge in [-0.1, -0.05) is 12.1 Å². The lowest BCUT2D eigenvalue weighted by Crippen LogP contribution is -2.20. The number of benzene rings is 1. The fourth-order valence-electron chi connectivity index (χ4n) is 3.31. The largest absolute Gasteiger partial charge is 0.299 e. The van der Waals surface area contributed by atoms with Gasteiger partial charge < -0.3 is 0 Å². The minimum atomic E-state index is 0.758. The lowest BCUT2D eigenvalue weighted by atomic mass is 10.1. The quantitative estimate of drug-likeness (QED) is 0.735. The van der Waals surface area contributed by atoms with E-state index >= 15 is 0 Å². The molecule has 1 aliphatic rings. The van der Waals surface area contributed by atoms with Gasteiger partial charge in [-0.25, -0.2) is 4.98 Å². The molecule has 0 spiro atoms. The van der Waals surface area contributed by atoms with Crippen molar-refractivity contribution in [2.24, 2.45) is 5.92 Å². The molecule has 2 aromatic heterocycles. The van der Waals surface area contributed by atoms with Crippen LogP contribution in [0.25, 0.3) is 10.9 Å². The van der Waals surface area contributed by atoms with E-state index in [1.165, 1.54) is 35.5 Å². The van der Waals surface area contributed by atoms with Gasteiger partial charge in [0.1, 0.15) is 0 Å². The van der Waals surface area contributed by atoms with Gasteiger partial charge >= 0.3 is 0 Å². The second-order valence-corrected chi connectivity index (χ2v) is 7.03. The van der Waals surface area contributed by atoms with Crippen LogP contribution in [-0.4, -0.2) is 28.0 Å². The minimum Gasteiger partial charge on any atom is -0.299 e. The van der Waals surface area contributed by atoms with Crippen LogP contribution in [0.15, 0.2) is 48.1 Å². The van der Waals surface area contributed by atoms with E-state index in [4.69, 9.17) is 0 Å². The molecule has 112 valence electrons. The van der Waals surface area contributed by atoms with Crippen molar-refractivity contribution in [1.82, 2.24) is 14.9 Å². The molecule has 1 aromatic carbocycles. The zero-order valence-electron chi connectivity index (χ0n) is 12.5. The maximum Gasteiger partial charge on any atom is 0.0928 e. The van der Waals surface area contributed by atoms with Gasteiger partial charge in [0.2, 0.25) is 0 Å². The Hall–Kier alpha value is -1.78. The molecule has 0 radical (unpaired) electrons. The Morgan fingerprint density at radius 3 is 3.09 bits per heavy atom. The number of likely N-dealkylation sites (tertiary alicyclic amines) is 1. The van der Waals surface area contributed by atoms with Crippen molar-refractivity contribution in [2.45, 2.75) is 19.4 Å². The Morgan fingerprint density at radius 2 is 2.18 bits per heavy atom. The molecule has 0 unspecified atom stereocenters. The highest BCUT2D eigenvalue weighted by molar-refractivity contribution is 7.09. The summed E-state index contributed by atoms with van der Waals surface area (Å²) in [5.41, 5.74) is 2.46. The van der Waals surface area contributed by atoms with Crippen LogP contribution in [0.5, 0.6) is 0 Å². The van der Waals surface area contributed by atoms with E-state index in [1.807, 2.05) is 18.5 Å². The van der Waals surface area contributed by atoms with Crippen molar-refractivity contribution < 1.29 is 0 Å². The average Bonchev–Trinajstić information content (AvgIpc) is 3.20. The molecule has 1 atom stereocenters. The van der Waals surface area contributed by atoms with E-state index < -0.39 is 0 Å². The summed E-state index contributed by atoms with van der Waals surface area (Å²) >= 11 is 1.78. The Kier molecular flexibility index (Phi) is 3.87. The Bertz CT molecular complexity index is 754. The van der Waals surface area contributed by atoms with E-state index in [9.17, 15) is 0 Å². The van der Waals surface area contributed by atoms with E-state index in [-0.39, 0.29) is 0 Å². The molecule has 0 amide bonds. The standard InChI is InChI=1S/C18H19N3S/c1-2-16-10-14(3-4-17(16)19-6-1)12-21-8-5-15(13-21)11-18-20-7-9-22-18/h1-4,6-7,9-10,15H,5,8,11-13H2/t15-/m1/s1. The molecule has 0 saturated carbocycles. The average molecular weight is 309 g/mol. The number of nitrogens with zero attached hydrogens (tertiary/aromatic N) is 3. The van der Waals surface area contributed by atoms with E-state index in [1.54, 1.807) is 11.3 Å². The molecule has 3 nitrogen and oxygen atoms in total. The summed E-state index contributed by atoms with van der Waals surface area (Å²) in [6, 6.07) is 10.8.